The third kappa shape index (κ3) is 3.85. The maximum absolute atomic E-state index is 12.5. The molecule has 0 heterocycles. The lowest BCUT2D eigenvalue weighted by Gasteiger charge is -2.14. The number of alkyl halides is 4. The van der Waals surface area contributed by atoms with Gasteiger partial charge < -0.3 is 9.47 Å². The molecule has 0 aliphatic carbocycles. The van der Waals surface area contributed by atoms with E-state index in [0.717, 1.165) is 17.7 Å². The molecule has 0 N–H and O–H groups in total. The first kappa shape index (κ1) is 16.5. The molecule has 118 valence electrons. The topological polar surface area (TPSA) is 18.5 Å². The average Bonchev–Trinajstić information content (AvgIpc) is 2.52. The lowest BCUT2D eigenvalue weighted by Crippen LogP contribution is -2.05. The fourth-order valence-corrected chi connectivity index (χ4v) is 2.15. The standard InChI is InChI=1S/C16H14ClF3O2/c1-21-14-4-2-3-12(9-17)15(14)22-10-11-5-7-13(8-6-11)16(18,19)20/h2-8H,9-10H2,1H3. The summed E-state index contributed by atoms with van der Waals surface area (Å²) in [5.41, 5.74) is 0.697. The van der Waals surface area contributed by atoms with E-state index in [1.165, 1.54) is 19.2 Å². The van der Waals surface area contributed by atoms with Gasteiger partial charge in [-0.15, -0.1) is 11.6 Å². The Morgan fingerprint density at radius 3 is 2.27 bits per heavy atom. The van der Waals surface area contributed by atoms with Gasteiger partial charge in [-0.25, -0.2) is 0 Å². The number of rotatable bonds is 5. The first-order valence-corrected chi connectivity index (χ1v) is 7.00. The van der Waals surface area contributed by atoms with Gasteiger partial charge in [-0.3, -0.25) is 0 Å². The van der Waals surface area contributed by atoms with E-state index in [1.54, 1.807) is 18.2 Å². The molecular formula is C16H14ClF3O2. The van der Waals surface area contributed by atoms with Crippen LogP contribution in [0.4, 0.5) is 13.2 Å². The van der Waals surface area contributed by atoms with Crippen molar-refractivity contribution in [2.75, 3.05) is 7.11 Å². The van der Waals surface area contributed by atoms with Gasteiger partial charge in [-0.05, 0) is 23.8 Å². The first-order valence-electron chi connectivity index (χ1n) is 6.46. The molecule has 0 aromatic heterocycles. The van der Waals surface area contributed by atoms with E-state index >= 15 is 0 Å². The van der Waals surface area contributed by atoms with Crippen LogP contribution in [-0.2, 0) is 18.7 Å². The summed E-state index contributed by atoms with van der Waals surface area (Å²) in [5, 5.41) is 0. The van der Waals surface area contributed by atoms with Crippen LogP contribution in [-0.4, -0.2) is 7.11 Å². The normalized spacial score (nSPS) is 11.3. The third-order valence-corrected chi connectivity index (χ3v) is 3.38. The Morgan fingerprint density at radius 1 is 1.05 bits per heavy atom. The van der Waals surface area contributed by atoms with Crippen molar-refractivity contribution in [2.45, 2.75) is 18.7 Å². The minimum Gasteiger partial charge on any atom is -0.493 e. The summed E-state index contributed by atoms with van der Waals surface area (Å²) in [7, 11) is 1.51. The molecule has 0 saturated heterocycles. The number of para-hydroxylation sites is 1. The zero-order valence-electron chi connectivity index (χ0n) is 11.8. The van der Waals surface area contributed by atoms with Crippen LogP contribution in [0.2, 0.25) is 0 Å². The maximum Gasteiger partial charge on any atom is 0.416 e. The molecule has 0 saturated carbocycles. The van der Waals surface area contributed by atoms with E-state index in [4.69, 9.17) is 21.1 Å². The Hall–Kier alpha value is -1.88. The van der Waals surface area contributed by atoms with Gasteiger partial charge in [0.15, 0.2) is 11.5 Å². The van der Waals surface area contributed by atoms with Crippen molar-refractivity contribution in [1.29, 1.82) is 0 Å². The van der Waals surface area contributed by atoms with Crippen LogP contribution in [0, 0.1) is 0 Å². The Morgan fingerprint density at radius 2 is 1.73 bits per heavy atom. The van der Waals surface area contributed by atoms with Crippen molar-refractivity contribution in [3.05, 3.63) is 59.2 Å². The molecule has 0 fully saturated rings. The Bertz CT molecular complexity index is 602. The molecule has 0 aliphatic rings. The van der Waals surface area contributed by atoms with Crippen molar-refractivity contribution in [2.24, 2.45) is 0 Å². The smallest absolute Gasteiger partial charge is 0.416 e. The summed E-state index contributed by atoms with van der Waals surface area (Å²) in [6.07, 6.45) is -4.34. The summed E-state index contributed by atoms with van der Waals surface area (Å²) < 4.78 is 48.4. The zero-order valence-corrected chi connectivity index (χ0v) is 12.5. The lowest BCUT2D eigenvalue weighted by molar-refractivity contribution is -0.137. The number of hydrogen-bond acceptors (Lipinski definition) is 2. The van der Waals surface area contributed by atoms with E-state index in [9.17, 15) is 13.2 Å². The van der Waals surface area contributed by atoms with E-state index < -0.39 is 11.7 Å². The highest BCUT2D eigenvalue weighted by Crippen LogP contribution is 2.33. The third-order valence-electron chi connectivity index (χ3n) is 3.09. The van der Waals surface area contributed by atoms with Gasteiger partial charge in [0, 0.05) is 5.56 Å². The van der Waals surface area contributed by atoms with Gasteiger partial charge in [0.05, 0.1) is 18.6 Å². The van der Waals surface area contributed by atoms with Crippen molar-refractivity contribution in [3.63, 3.8) is 0 Å². The van der Waals surface area contributed by atoms with Crippen molar-refractivity contribution in [3.8, 4) is 11.5 Å². The molecular weight excluding hydrogens is 317 g/mol. The number of methoxy groups -OCH3 is 1. The second-order valence-corrected chi connectivity index (χ2v) is 4.83. The number of benzene rings is 2. The van der Waals surface area contributed by atoms with E-state index in [2.05, 4.69) is 0 Å². The van der Waals surface area contributed by atoms with Crippen molar-refractivity contribution in [1.82, 2.24) is 0 Å². The van der Waals surface area contributed by atoms with Crippen LogP contribution in [0.1, 0.15) is 16.7 Å². The molecule has 2 aromatic carbocycles. The fraction of sp³-hybridized carbons (Fsp3) is 0.250. The van der Waals surface area contributed by atoms with Gasteiger partial charge in [0.25, 0.3) is 0 Å². The van der Waals surface area contributed by atoms with Gasteiger partial charge in [0.2, 0.25) is 0 Å². The average molecular weight is 331 g/mol. The predicted molar refractivity (Wildman–Crippen MR) is 78.3 cm³/mol. The maximum atomic E-state index is 12.5. The molecule has 0 radical (unpaired) electrons. The molecule has 0 atom stereocenters. The highest BCUT2D eigenvalue weighted by Gasteiger charge is 2.29. The van der Waals surface area contributed by atoms with Crippen molar-refractivity contribution >= 4 is 11.6 Å². The molecule has 2 aromatic rings. The molecule has 22 heavy (non-hydrogen) atoms. The van der Waals surface area contributed by atoms with Gasteiger partial charge in [0.1, 0.15) is 6.61 Å². The van der Waals surface area contributed by atoms with E-state index in [0.29, 0.717) is 17.1 Å². The Labute approximate surface area is 131 Å². The molecule has 6 heteroatoms. The minimum atomic E-state index is -4.34. The van der Waals surface area contributed by atoms with E-state index in [1.807, 2.05) is 0 Å². The Kier molecular flexibility index (Phi) is 5.19. The quantitative estimate of drug-likeness (QED) is 0.716. The molecule has 0 bridgehead atoms. The lowest BCUT2D eigenvalue weighted by atomic mass is 10.1. The van der Waals surface area contributed by atoms with Crippen LogP contribution in [0.15, 0.2) is 42.5 Å². The number of halogens is 4. The molecule has 2 rings (SSSR count). The van der Waals surface area contributed by atoms with Crippen LogP contribution in [0.25, 0.3) is 0 Å². The van der Waals surface area contributed by atoms with Crippen LogP contribution >= 0.6 is 11.6 Å². The van der Waals surface area contributed by atoms with Gasteiger partial charge in [-0.2, -0.15) is 13.2 Å². The van der Waals surface area contributed by atoms with Crippen LogP contribution in [0.5, 0.6) is 11.5 Å². The summed E-state index contributed by atoms with van der Waals surface area (Å²) >= 11 is 5.85. The molecule has 0 unspecified atom stereocenters. The van der Waals surface area contributed by atoms with E-state index in [-0.39, 0.29) is 12.5 Å². The highest BCUT2D eigenvalue weighted by atomic mass is 35.5. The monoisotopic (exact) mass is 330 g/mol. The molecule has 0 amide bonds. The first-order chi connectivity index (χ1) is 10.5. The second kappa shape index (κ2) is 6.92. The van der Waals surface area contributed by atoms with Crippen LogP contribution in [0.3, 0.4) is 0 Å². The summed E-state index contributed by atoms with van der Waals surface area (Å²) in [6, 6.07) is 10.2. The van der Waals surface area contributed by atoms with Gasteiger partial charge in [-0.1, -0.05) is 24.3 Å². The second-order valence-electron chi connectivity index (χ2n) is 4.57. The SMILES string of the molecule is COc1cccc(CCl)c1OCc1ccc(C(F)(F)F)cc1. The molecule has 0 aliphatic heterocycles. The summed E-state index contributed by atoms with van der Waals surface area (Å²) in [4.78, 5) is 0. The minimum absolute atomic E-state index is 0.127. The largest absolute Gasteiger partial charge is 0.493 e. The predicted octanol–water partition coefficient (Wildman–Crippen LogP) is 5.03. The summed E-state index contributed by atoms with van der Waals surface area (Å²) in [6.45, 7) is 0.127. The summed E-state index contributed by atoms with van der Waals surface area (Å²) in [5.74, 6) is 1.28. The fourth-order valence-electron chi connectivity index (χ4n) is 1.94. The molecule has 0 spiro atoms. The zero-order chi connectivity index (χ0) is 16.2. The highest BCUT2D eigenvalue weighted by molar-refractivity contribution is 6.17. The van der Waals surface area contributed by atoms with Gasteiger partial charge >= 0.3 is 6.18 Å². The van der Waals surface area contributed by atoms with Crippen LogP contribution < -0.4 is 9.47 Å². The number of ether oxygens (including phenoxy) is 2. The number of hydrogen-bond donors (Lipinski definition) is 0. The van der Waals surface area contributed by atoms with Crippen molar-refractivity contribution < 1.29 is 22.6 Å². The molecule has 2 nitrogen and oxygen atoms in total. The Balaban J connectivity index is 2.13.